The number of carbonyl (C=O) groups is 1. The van der Waals surface area contributed by atoms with Crippen LogP contribution in [0.2, 0.25) is 0 Å². The van der Waals surface area contributed by atoms with E-state index in [0.717, 1.165) is 12.8 Å². The Labute approximate surface area is 123 Å². The van der Waals surface area contributed by atoms with E-state index < -0.39 is 9.05 Å². The predicted molar refractivity (Wildman–Crippen MR) is 77.4 cm³/mol. The molecule has 1 aromatic rings. The van der Waals surface area contributed by atoms with E-state index >= 15 is 0 Å². The molecule has 0 aliphatic heterocycles. The largest absolute Gasteiger partial charge is 0.380 e. The lowest BCUT2D eigenvalue weighted by Gasteiger charge is -2.09. The first-order valence-corrected chi connectivity index (χ1v) is 8.55. The van der Waals surface area contributed by atoms with Crippen LogP contribution in [0.1, 0.15) is 35.7 Å². The molecule has 0 saturated carbocycles. The summed E-state index contributed by atoms with van der Waals surface area (Å²) in [6.45, 7) is 2.68. The van der Waals surface area contributed by atoms with Gasteiger partial charge >= 0.3 is 0 Å². The normalized spacial score (nSPS) is 11.3. The first-order valence-electron chi connectivity index (χ1n) is 6.25. The van der Waals surface area contributed by atoms with Gasteiger partial charge in [0.25, 0.3) is 15.0 Å². The molecule has 20 heavy (non-hydrogen) atoms. The van der Waals surface area contributed by atoms with E-state index in [1.54, 1.807) is 6.07 Å². The lowest BCUT2D eigenvalue weighted by molar-refractivity contribution is 0.0953. The van der Waals surface area contributed by atoms with Gasteiger partial charge < -0.3 is 10.1 Å². The van der Waals surface area contributed by atoms with Crippen LogP contribution in [0.25, 0.3) is 0 Å². The van der Waals surface area contributed by atoms with Crippen molar-refractivity contribution in [1.82, 2.24) is 5.32 Å². The van der Waals surface area contributed by atoms with Gasteiger partial charge in [0.2, 0.25) is 0 Å². The lowest BCUT2D eigenvalue weighted by Crippen LogP contribution is -2.24. The van der Waals surface area contributed by atoms with Gasteiger partial charge in [-0.05, 0) is 24.1 Å². The Kier molecular flexibility index (Phi) is 6.45. The van der Waals surface area contributed by atoms with Crippen molar-refractivity contribution in [3.63, 3.8) is 0 Å². The van der Waals surface area contributed by atoms with Crippen molar-refractivity contribution in [1.29, 1.82) is 0 Å². The highest BCUT2D eigenvalue weighted by atomic mass is 35.7. The van der Waals surface area contributed by atoms with Gasteiger partial charge in [-0.1, -0.05) is 19.4 Å². The molecule has 0 aromatic heterocycles. The van der Waals surface area contributed by atoms with Gasteiger partial charge in [-0.15, -0.1) is 0 Å². The number of unbranched alkanes of at least 4 members (excludes halogenated alkanes) is 1. The molecule has 1 aromatic carbocycles. The molecule has 0 aliphatic rings. The SMILES string of the molecule is CCCCNC(=O)c1ccc(COC)c(S(=O)(=O)Cl)c1. The van der Waals surface area contributed by atoms with Crippen molar-refractivity contribution in [2.75, 3.05) is 13.7 Å². The summed E-state index contributed by atoms with van der Waals surface area (Å²) in [5, 5.41) is 2.72. The van der Waals surface area contributed by atoms with Crippen molar-refractivity contribution >= 4 is 25.6 Å². The molecule has 112 valence electrons. The number of benzene rings is 1. The molecular formula is C13H18ClNO4S. The summed E-state index contributed by atoms with van der Waals surface area (Å²) >= 11 is 0. The molecule has 1 N–H and O–H groups in total. The number of rotatable bonds is 7. The molecule has 0 saturated heterocycles. The Bertz CT molecular complexity index is 572. The van der Waals surface area contributed by atoms with Crippen LogP contribution < -0.4 is 5.32 Å². The van der Waals surface area contributed by atoms with Gasteiger partial charge in [-0.2, -0.15) is 0 Å². The first kappa shape index (κ1) is 16.9. The number of halogens is 1. The van der Waals surface area contributed by atoms with E-state index in [0.29, 0.717) is 12.1 Å². The Hall–Kier alpha value is -1.11. The number of methoxy groups -OCH3 is 1. The monoisotopic (exact) mass is 319 g/mol. The van der Waals surface area contributed by atoms with Crippen LogP contribution >= 0.6 is 10.7 Å². The zero-order chi connectivity index (χ0) is 15.2. The van der Waals surface area contributed by atoms with Gasteiger partial charge in [0.1, 0.15) is 0 Å². The van der Waals surface area contributed by atoms with Crippen LogP contribution in [0, 0.1) is 0 Å². The van der Waals surface area contributed by atoms with Gasteiger partial charge in [-0.3, -0.25) is 4.79 Å². The molecule has 0 radical (unpaired) electrons. The van der Waals surface area contributed by atoms with E-state index in [9.17, 15) is 13.2 Å². The topological polar surface area (TPSA) is 72.5 Å². The second-order valence-electron chi connectivity index (χ2n) is 4.30. The maximum Gasteiger partial charge on any atom is 0.261 e. The van der Waals surface area contributed by atoms with Crippen LogP contribution in [0.5, 0.6) is 0 Å². The van der Waals surface area contributed by atoms with Gasteiger partial charge in [0.05, 0.1) is 11.5 Å². The Morgan fingerprint density at radius 2 is 2.10 bits per heavy atom. The zero-order valence-corrected chi connectivity index (χ0v) is 13.1. The molecule has 0 spiro atoms. The molecule has 0 aliphatic carbocycles. The highest BCUT2D eigenvalue weighted by Crippen LogP contribution is 2.22. The number of hydrogen-bond donors (Lipinski definition) is 1. The van der Waals surface area contributed by atoms with E-state index in [-0.39, 0.29) is 23.0 Å². The number of carbonyl (C=O) groups excluding carboxylic acids is 1. The summed E-state index contributed by atoms with van der Waals surface area (Å²) in [5.41, 5.74) is 0.688. The van der Waals surface area contributed by atoms with E-state index in [2.05, 4.69) is 5.32 Å². The van der Waals surface area contributed by atoms with E-state index in [1.165, 1.54) is 19.2 Å². The van der Waals surface area contributed by atoms with Gasteiger partial charge in [-0.25, -0.2) is 8.42 Å². The van der Waals surface area contributed by atoms with Crippen LogP contribution in [0.4, 0.5) is 0 Å². The zero-order valence-electron chi connectivity index (χ0n) is 11.5. The molecule has 0 bridgehead atoms. The molecule has 7 heteroatoms. The summed E-state index contributed by atoms with van der Waals surface area (Å²) < 4.78 is 28.0. The maximum absolute atomic E-state index is 11.9. The average Bonchev–Trinajstić information content (AvgIpc) is 2.38. The van der Waals surface area contributed by atoms with Crippen LogP contribution in [0.3, 0.4) is 0 Å². The minimum absolute atomic E-state index is 0.0934. The predicted octanol–water partition coefficient (Wildman–Crippen LogP) is 2.29. The van der Waals surface area contributed by atoms with Crippen LogP contribution in [0.15, 0.2) is 23.1 Å². The molecule has 1 rings (SSSR count). The van der Waals surface area contributed by atoms with Crippen molar-refractivity contribution in [3.8, 4) is 0 Å². The van der Waals surface area contributed by atoms with Crippen LogP contribution in [-0.4, -0.2) is 28.0 Å². The Balaban J connectivity index is 3.03. The minimum atomic E-state index is -3.92. The Morgan fingerprint density at radius 3 is 2.65 bits per heavy atom. The standard InChI is InChI=1S/C13H18ClNO4S/c1-3-4-7-15-13(16)10-5-6-11(9-19-2)12(8-10)20(14,17)18/h5-6,8H,3-4,7,9H2,1-2H3,(H,15,16). The van der Waals surface area contributed by atoms with Gasteiger partial charge in [0.15, 0.2) is 0 Å². The molecular weight excluding hydrogens is 302 g/mol. The summed E-state index contributed by atoms with van der Waals surface area (Å²) in [4.78, 5) is 11.8. The Morgan fingerprint density at radius 1 is 1.40 bits per heavy atom. The van der Waals surface area contributed by atoms with Crippen molar-refractivity contribution in [2.45, 2.75) is 31.3 Å². The molecule has 0 unspecified atom stereocenters. The quantitative estimate of drug-likeness (QED) is 0.618. The average molecular weight is 320 g/mol. The van der Waals surface area contributed by atoms with Crippen molar-refractivity contribution in [3.05, 3.63) is 29.3 Å². The third kappa shape index (κ3) is 4.77. The molecule has 0 heterocycles. The third-order valence-corrected chi connectivity index (χ3v) is 4.11. The van der Waals surface area contributed by atoms with E-state index in [4.69, 9.17) is 15.4 Å². The van der Waals surface area contributed by atoms with E-state index in [1.807, 2.05) is 6.92 Å². The number of amides is 1. The number of ether oxygens (including phenoxy) is 1. The highest BCUT2D eigenvalue weighted by molar-refractivity contribution is 8.13. The fourth-order valence-electron chi connectivity index (χ4n) is 1.68. The maximum atomic E-state index is 11.9. The summed E-state index contributed by atoms with van der Waals surface area (Å²) in [6.07, 6.45) is 1.84. The van der Waals surface area contributed by atoms with Crippen LogP contribution in [-0.2, 0) is 20.4 Å². The molecule has 0 fully saturated rings. The number of hydrogen-bond acceptors (Lipinski definition) is 4. The summed E-state index contributed by atoms with van der Waals surface area (Å²) in [5.74, 6) is -0.316. The van der Waals surface area contributed by atoms with Crippen molar-refractivity contribution in [2.24, 2.45) is 0 Å². The second kappa shape index (κ2) is 7.61. The van der Waals surface area contributed by atoms with Gasteiger partial charge in [0, 0.05) is 29.9 Å². The summed E-state index contributed by atoms with van der Waals surface area (Å²) in [6, 6.07) is 4.37. The molecule has 1 amide bonds. The molecule has 0 atom stereocenters. The minimum Gasteiger partial charge on any atom is -0.380 e. The first-order chi connectivity index (χ1) is 9.40. The summed E-state index contributed by atoms with van der Waals surface area (Å²) in [7, 11) is 2.92. The second-order valence-corrected chi connectivity index (χ2v) is 6.84. The fourth-order valence-corrected chi connectivity index (χ4v) is 2.82. The third-order valence-electron chi connectivity index (χ3n) is 2.71. The molecule has 5 nitrogen and oxygen atoms in total. The highest BCUT2D eigenvalue weighted by Gasteiger charge is 2.18. The lowest BCUT2D eigenvalue weighted by atomic mass is 10.1. The fraction of sp³-hybridized carbons (Fsp3) is 0.462. The smallest absolute Gasteiger partial charge is 0.261 e. The number of nitrogens with one attached hydrogen (secondary N) is 1. The van der Waals surface area contributed by atoms with Crippen molar-refractivity contribution < 1.29 is 17.9 Å².